The van der Waals surface area contributed by atoms with Crippen molar-refractivity contribution in [3.05, 3.63) is 42.7 Å². The van der Waals surface area contributed by atoms with Crippen molar-refractivity contribution in [1.82, 2.24) is 0 Å². The molecule has 0 saturated heterocycles. The highest BCUT2D eigenvalue weighted by atomic mass is 16.6. The van der Waals surface area contributed by atoms with Crippen LogP contribution in [-0.2, 0) is 9.47 Å². The number of carbonyl (C=O) groups excluding carboxylic acids is 2. The van der Waals surface area contributed by atoms with E-state index in [0.717, 1.165) is 6.26 Å². The van der Waals surface area contributed by atoms with Crippen LogP contribution in [0.2, 0.25) is 0 Å². The van der Waals surface area contributed by atoms with Gasteiger partial charge < -0.3 is 9.47 Å². The zero-order valence-electron chi connectivity index (χ0n) is 11.2. The van der Waals surface area contributed by atoms with E-state index in [9.17, 15) is 9.59 Å². The van der Waals surface area contributed by atoms with Gasteiger partial charge in [-0.05, 0) is 45.0 Å². The molecule has 0 heterocycles. The van der Waals surface area contributed by atoms with E-state index in [-0.39, 0.29) is 0 Å². The molecule has 19 heavy (non-hydrogen) atoms. The molecular weight excluding hydrogens is 246 g/mol. The van der Waals surface area contributed by atoms with Crippen LogP contribution in [0.25, 0.3) is 0 Å². The van der Waals surface area contributed by atoms with Crippen LogP contribution in [0.1, 0.15) is 31.1 Å². The number of ether oxygens (including phenoxy) is 2. The summed E-state index contributed by atoms with van der Waals surface area (Å²) < 4.78 is 9.73. The van der Waals surface area contributed by atoms with Crippen LogP contribution in [0.15, 0.2) is 37.1 Å². The number of benzene rings is 1. The minimum absolute atomic E-state index is 0.370. The number of esters is 1. The predicted octanol–water partition coefficient (Wildman–Crippen LogP) is 3.33. The van der Waals surface area contributed by atoms with Gasteiger partial charge >= 0.3 is 12.1 Å². The van der Waals surface area contributed by atoms with Crippen LogP contribution >= 0.6 is 0 Å². The van der Waals surface area contributed by atoms with Gasteiger partial charge in [-0.3, -0.25) is 5.32 Å². The maximum absolute atomic E-state index is 11.5. The largest absolute Gasteiger partial charge is 0.444 e. The Morgan fingerprint density at radius 1 is 1.21 bits per heavy atom. The maximum Gasteiger partial charge on any atom is 0.412 e. The summed E-state index contributed by atoms with van der Waals surface area (Å²) in [6, 6.07) is 6.25. The Morgan fingerprint density at radius 2 is 1.79 bits per heavy atom. The first kappa shape index (κ1) is 14.8. The lowest BCUT2D eigenvalue weighted by Crippen LogP contribution is -2.27. The Labute approximate surface area is 112 Å². The van der Waals surface area contributed by atoms with Gasteiger partial charge in [-0.15, -0.1) is 0 Å². The van der Waals surface area contributed by atoms with Gasteiger partial charge in [0.1, 0.15) is 5.60 Å². The lowest BCUT2D eigenvalue weighted by molar-refractivity contribution is 0.0633. The predicted molar refractivity (Wildman–Crippen MR) is 71.9 cm³/mol. The van der Waals surface area contributed by atoms with Crippen molar-refractivity contribution in [3.63, 3.8) is 0 Å². The van der Waals surface area contributed by atoms with Crippen molar-refractivity contribution in [2.45, 2.75) is 26.4 Å². The minimum Gasteiger partial charge on any atom is -0.444 e. The van der Waals surface area contributed by atoms with Crippen molar-refractivity contribution in [1.29, 1.82) is 0 Å². The summed E-state index contributed by atoms with van der Waals surface area (Å²) in [5.74, 6) is -0.501. The molecule has 102 valence electrons. The second-order valence-electron chi connectivity index (χ2n) is 4.78. The second-order valence-corrected chi connectivity index (χ2v) is 4.78. The molecule has 1 aromatic carbocycles. The first-order chi connectivity index (χ1) is 8.81. The number of carbonyl (C=O) groups is 2. The lowest BCUT2D eigenvalue weighted by atomic mass is 10.2. The van der Waals surface area contributed by atoms with E-state index in [1.54, 1.807) is 45.0 Å². The summed E-state index contributed by atoms with van der Waals surface area (Å²) in [6.45, 7) is 8.64. The Morgan fingerprint density at radius 3 is 2.26 bits per heavy atom. The molecule has 1 rings (SSSR count). The van der Waals surface area contributed by atoms with Gasteiger partial charge in [-0.2, -0.15) is 0 Å². The third kappa shape index (κ3) is 5.25. The third-order valence-electron chi connectivity index (χ3n) is 1.96. The van der Waals surface area contributed by atoms with Crippen molar-refractivity contribution < 1.29 is 19.1 Å². The molecule has 1 amide bonds. The fourth-order valence-corrected chi connectivity index (χ4v) is 1.25. The molecule has 5 nitrogen and oxygen atoms in total. The van der Waals surface area contributed by atoms with Gasteiger partial charge in [0.05, 0.1) is 11.8 Å². The highest BCUT2D eigenvalue weighted by molar-refractivity contribution is 5.91. The number of rotatable bonds is 3. The smallest absolute Gasteiger partial charge is 0.412 e. The summed E-state index contributed by atoms with van der Waals surface area (Å²) in [5.41, 5.74) is 0.344. The highest BCUT2D eigenvalue weighted by Crippen LogP contribution is 2.13. The van der Waals surface area contributed by atoms with E-state index in [0.29, 0.717) is 11.3 Å². The molecule has 0 fully saturated rings. The highest BCUT2D eigenvalue weighted by Gasteiger charge is 2.16. The molecule has 0 aromatic heterocycles. The molecule has 0 aliphatic heterocycles. The molecule has 0 spiro atoms. The first-order valence-corrected chi connectivity index (χ1v) is 5.74. The number of anilines is 1. The Hall–Kier alpha value is -2.30. The number of hydrogen-bond donors (Lipinski definition) is 1. The minimum atomic E-state index is -0.558. The molecule has 0 bridgehead atoms. The molecule has 0 aliphatic carbocycles. The van der Waals surface area contributed by atoms with Gasteiger partial charge in [0, 0.05) is 5.69 Å². The van der Waals surface area contributed by atoms with Crippen molar-refractivity contribution in [2.24, 2.45) is 0 Å². The molecule has 0 atom stereocenters. The van der Waals surface area contributed by atoms with Gasteiger partial charge in [-0.1, -0.05) is 6.58 Å². The fraction of sp³-hybridized carbons (Fsp3) is 0.286. The van der Waals surface area contributed by atoms with Crippen LogP contribution in [0.4, 0.5) is 10.5 Å². The van der Waals surface area contributed by atoms with E-state index >= 15 is 0 Å². The summed E-state index contributed by atoms with van der Waals surface area (Å²) in [7, 11) is 0. The Kier molecular flexibility index (Phi) is 4.69. The van der Waals surface area contributed by atoms with Crippen LogP contribution in [0, 0.1) is 0 Å². The van der Waals surface area contributed by atoms with E-state index < -0.39 is 17.7 Å². The molecule has 0 unspecified atom stereocenters. The fourth-order valence-electron chi connectivity index (χ4n) is 1.25. The number of amides is 1. The topological polar surface area (TPSA) is 64.6 Å². The molecule has 1 aromatic rings. The maximum atomic E-state index is 11.5. The Bertz CT molecular complexity index is 471. The van der Waals surface area contributed by atoms with Crippen molar-refractivity contribution in [2.75, 3.05) is 5.32 Å². The van der Waals surface area contributed by atoms with Crippen molar-refractivity contribution in [3.8, 4) is 0 Å². The zero-order valence-corrected chi connectivity index (χ0v) is 11.2. The normalized spacial score (nSPS) is 10.5. The molecule has 0 saturated carbocycles. The number of hydrogen-bond acceptors (Lipinski definition) is 4. The first-order valence-electron chi connectivity index (χ1n) is 5.74. The van der Waals surface area contributed by atoms with Crippen molar-refractivity contribution >= 4 is 17.7 Å². The van der Waals surface area contributed by atoms with E-state index in [1.165, 1.54) is 0 Å². The standard InChI is InChI=1S/C14H17NO4/c1-5-18-12(16)10-6-8-11(9-7-10)15-13(17)19-14(2,3)4/h5-9H,1H2,2-4H3,(H,15,17). The number of nitrogens with one attached hydrogen (secondary N) is 1. The second kappa shape index (κ2) is 6.04. The van der Waals surface area contributed by atoms with Gasteiger partial charge in [0.2, 0.25) is 0 Å². The molecule has 5 heteroatoms. The van der Waals surface area contributed by atoms with Gasteiger partial charge in [0.15, 0.2) is 0 Å². The van der Waals surface area contributed by atoms with Crippen LogP contribution < -0.4 is 5.32 Å². The molecule has 0 radical (unpaired) electrons. The SMILES string of the molecule is C=COC(=O)c1ccc(NC(=O)OC(C)(C)C)cc1. The summed E-state index contributed by atoms with van der Waals surface area (Å²) in [5, 5.41) is 2.56. The van der Waals surface area contributed by atoms with E-state index in [2.05, 4.69) is 16.6 Å². The van der Waals surface area contributed by atoms with Gasteiger partial charge in [-0.25, -0.2) is 9.59 Å². The molecule has 1 N–H and O–H groups in total. The van der Waals surface area contributed by atoms with Crippen LogP contribution in [0.3, 0.4) is 0 Å². The van der Waals surface area contributed by atoms with Gasteiger partial charge in [0.25, 0.3) is 0 Å². The molecule has 0 aliphatic rings. The Balaban J connectivity index is 2.64. The third-order valence-corrected chi connectivity index (χ3v) is 1.96. The lowest BCUT2D eigenvalue weighted by Gasteiger charge is -2.19. The summed E-state index contributed by atoms with van der Waals surface area (Å²) in [4.78, 5) is 22.9. The van der Waals surface area contributed by atoms with E-state index in [4.69, 9.17) is 4.74 Å². The average Bonchev–Trinajstić information content (AvgIpc) is 2.27. The molecular formula is C14H17NO4. The van der Waals surface area contributed by atoms with Crippen LogP contribution in [0.5, 0.6) is 0 Å². The summed E-state index contributed by atoms with van der Waals surface area (Å²) in [6.07, 6.45) is 0.517. The summed E-state index contributed by atoms with van der Waals surface area (Å²) >= 11 is 0. The monoisotopic (exact) mass is 263 g/mol. The van der Waals surface area contributed by atoms with Crippen LogP contribution in [-0.4, -0.2) is 17.7 Å². The zero-order chi connectivity index (χ0) is 14.5. The van der Waals surface area contributed by atoms with E-state index in [1.807, 2.05) is 0 Å². The quantitative estimate of drug-likeness (QED) is 0.671. The average molecular weight is 263 g/mol.